The minimum atomic E-state index is -4.26. The molecular weight excluding hydrogens is 207 g/mol. The zero-order valence-electron chi connectivity index (χ0n) is 9.16. The third kappa shape index (κ3) is 4.38. The largest absolute Gasteiger partial charge is 0.413 e. The molecule has 1 N–H and O–H groups in total. The topological polar surface area (TPSA) is 21.3 Å². The van der Waals surface area contributed by atoms with E-state index < -0.39 is 12.8 Å². The van der Waals surface area contributed by atoms with E-state index in [1.54, 1.807) is 0 Å². The highest BCUT2D eigenvalue weighted by molar-refractivity contribution is 4.85. The summed E-state index contributed by atoms with van der Waals surface area (Å²) < 4.78 is 35.5. The lowest BCUT2D eigenvalue weighted by molar-refractivity contribution is -0.197. The standard InChI is InChI=1S/C10H18F3NO/c1-9(2)6-4-3-5-8(9)14-15-7-10(11,12)13/h8,14H,3-7H2,1-2H3. The van der Waals surface area contributed by atoms with Crippen molar-refractivity contribution in [2.24, 2.45) is 5.41 Å². The molecule has 0 saturated heterocycles. The molecule has 0 radical (unpaired) electrons. The number of alkyl halides is 3. The Kier molecular flexibility index (Phi) is 4.00. The van der Waals surface area contributed by atoms with Crippen molar-refractivity contribution in [2.45, 2.75) is 51.7 Å². The highest BCUT2D eigenvalue weighted by atomic mass is 19.4. The molecule has 0 bridgehead atoms. The van der Waals surface area contributed by atoms with E-state index in [0.29, 0.717) is 0 Å². The van der Waals surface area contributed by atoms with Gasteiger partial charge in [-0.3, -0.25) is 4.84 Å². The van der Waals surface area contributed by atoms with E-state index in [-0.39, 0.29) is 11.5 Å². The van der Waals surface area contributed by atoms with E-state index in [1.807, 2.05) is 0 Å². The number of hydrogen-bond acceptors (Lipinski definition) is 2. The molecule has 2 nitrogen and oxygen atoms in total. The van der Waals surface area contributed by atoms with Crippen LogP contribution in [0.3, 0.4) is 0 Å². The van der Waals surface area contributed by atoms with Gasteiger partial charge in [0.1, 0.15) is 0 Å². The third-order valence-electron chi connectivity index (χ3n) is 2.97. The Morgan fingerprint density at radius 3 is 2.53 bits per heavy atom. The van der Waals surface area contributed by atoms with E-state index in [4.69, 9.17) is 0 Å². The van der Waals surface area contributed by atoms with Crippen LogP contribution in [0.4, 0.5) is 13.2 Å². The molecule has 1 saturated carbocycles. The number of nitrogens with one attached hydrogen (secondary N) is 1. The lowest BCUT2D eigenvalue weighted by Crippen LogP contribution is -2.45. The van der Waals surface area contributed by atoms with Crippen LogP contribution in [0.5, 0.6) is 0 Å². The highest BCUT2D eigenvalue weighted by Crippen LogP contribution is 2.35. The van der Waals surface area contributed by atoms with Crippen LogP contribution in [0, 0.1) is 5.41 Å². The van der Waals surface area contributed by atoms with Gasteiger partial charge in [-0.1, -0.05) is 26.7 Å². The Labute approximate surface area is 88.1 Å². The number of rotatable bonds is 3. The molecule has 90 valence electrons. The lowest BCUT2D eigenvalue weighted by atomic mass is 9.74. The molecule has 1 rings (SSSR count). The molecule has 1 unspecified atom stereocenters. The number of hydroxylamine groups is 1. The summed E-state index contributed by atoms with van der Waals surface area (Å²) in [5.74, 6) is 0. The second-order valence-corrected chi connectivity index (χ2v) is 4.81. The monoisotopic (exact) mass is 225 g/mol. The van der Waals surface area contributed by atoms with Crippen molar-refractivity contribution >= 4 is 0 Å². The summed E-state index contributed by atoms with van der Waals surface area (Å²) in [4.78, 5) is 4.50. The molecule has 0 aliphatic heterocycles. The summed E-state index contributed by atoms with van der Waals surface area (Å²) in [6.07, 6.45) is -0.155. The van der Waals surface area contributed by atoms with Crippen molar-refractivity contribution in [2.75, 3.05) is 6.61 Å². The van der Waals surface area contributed by atoms with Crippen LogP contribution in [-0.2, 0) is 4.84 Å². The first-order valence-electron chi connectivity index (χ1n) is 5.25. The fourth-order valence-electron chi connectivity index (χ4n) is 1.94. The molecule has 0 heterocycles. The molecule has 0 aromatic rings. The number of halogens is 3. The van der Waals surface area contributed by atoms with Crippen molar-refractivity contribution < 1.29 is 18.0 Å². The van der Waals surface area contributed by atoms with Gasteiger partial charge in [0.05, 0.1) is 0 Å². The Morgan fingerprint density at radius 1 is 1.33 bits per heavy atom. The Morgan fingerprint density at radius 2 is 2.00 bits per heavy atom. The van der Waals surface area contributed by atoms with E-state index in [1.165, 1.54) is 0 Å². The van der Waals surface area contributed by atoms with Crippen LogP contribution in [0.25, 0.3) is 0 Å². The van der Waals surface area contributed by atoms with Crippen molar-refractivity contribution in [1.82, 2.24) is 5.48 Å². The predicted octanol–water partition coefficient (Wildman–Crippen LogP) is 3.04. The highest BCUT2D eigenvalue weighted by Gasteiger charge is 2.34. The normalized spacial score (nSPS) is 26.6. The van der Waals surface area contributed by atoms with E-state index in [9.17, 15) is 13.2 Å². The molecule has 1 fully saturated rings. The molecule has 1 atom stereocenters. The summed E-state index contributed by atoms with van der Waals surface area (Å²) in [5, 5.41) is 0. The maximum atomic E-state index is 11.8. The van der Waals surface area contributed by atoms with E-state index in [2.05, 4.69) is 24.2 Å². The molecule has 5 heteroatoms. The summed E-state index contributed by atoms with van der Waals surface area (Å²) in [5.41, 5.74) is 2.57. The van der Waals surface area contributed by atoms with Crippen LogP contribution < -0.4 is 5.48 Å². The molecule has 0 aromatic heterocycles. The second-order valence-electron chi connectivity index (χ2n) is 4.81. The fraction of sp³-hybridized carbons (Fsp3) is 1.00. The molecular formula is C10H18F3NO. The third-order valence-corrected chi connectivity index (χ3v) is 2.97. The molecule has 1 aliphatic carbocycles. The maximum Gasteiger partial charge on any atom is 0.413 e. The summed E-state index contributed by atoms with van der Waals surface area (Å²) in [7, 11) is 0. The predicted molar refractivity (Wildman–Crippen MR) is 51.2 cm³/mol. The SMILES string of the molecule is CC1(C)CCCCC1NOCC(F)(F)F. The van der Waals surface area contributed by atoms with Gasteiger partial charge in [0.15, 0.2) is 6.61 Å². The zero-order valence-corrected chi connectivity index (χ0v) is 9.16. The Hall–Kier alpha value is -0.290. The quantitative estimate of drug-likeness (QED) is 0.745. The average Bonchev–Trinajstić information content (AvgIpc) is 2.05. The van der Waals surface area contributed by atoms with Gasteiger partial charge in [-0.25, -0.2) is 0 Å². The van der Waals surface area contributed by atoms with Crippen LogP contribution in [0.2, 0.25) is 0 Å². The first kappa shape index (κ1) is 12.8. The first-order valence-corrected chi connectivity index (χ1v) is 5.25. The minimum absolute atomic E-state index is 0.0177. The lowest BCUT2D eigenvalue weighted by Gasteiger charge is -2.38. The maximum absolute atomic E-state index is 11.8. The van der Waals surface area contributed by atoms with Crippen molar-refractivity contribution in [3.8, 4) is 0 Å². The smallest absolute Gasteiger partial charge is 0.292 e. The molecule has 1 aliphatic rings. The Balaban J connectivity index is 2.31. The van der Waals surface area contributed by atoms with Gasteiger partial charge < -0.3 is 0 Å². The van der Waals surface area contributed by atoms with Crippen molar-refractivity contribution in [3.05, 3.63) is 0 Å². The van der Waals surface area contributed by atoms with Gasteiger partial charge in [-0.2, -0.15) is 18.7 Å². The molecule has 15 heavy (non-hydrogen) atoms. The van der Waals surface area contributed by atoms with E-state index in [0.717, 1.165) is 25.7 Å². The average molecular weight is 225 g/mol. The fourth-order valence-corrected chi connectivity index (χ4v) is 1.94. The Bertz CT molecular complexity index is 203. The van der Waals surface area contributed by atoms with Gasteiger partial charge in [0.25, 0.3) is 0 Å². The summed E-state index contributed by atoms with van der Waals surface area (Å²) >= 11 is 0. The second kappa shape index (κ2) is 4.70. The summed E-state index contributed by atoms with van der Waals surface area (Å²) in [6.45, 7) is 2.89. The van der Waals surface area contributed by atoms with Crippen LogP contribution in [0.15, 0.2) is 0 Å². The summed E-state index contributed by atoms with van der Waals surface area (Å²) in [6, 6.07) is 0.0219. The van der Waals surface area contributed by atoms with Gasteiger partial charge in [-0.05, 0) is 18.3 Å². The number of hydrogen-bond donors (Lipinski definition) is 1. The van der Waals surface area contributed by atoms with Crippen molar-refractivity contribution in [1.29, 1.82) is 0 Å². The van der Waals surface area contributed by atoms with Crippen LogP contribution in [0.1, 0.15) is 39.5 Å². The zero-order chi connectivity index (χ0) is 11.5. The van der Waals surface area contributed by atoms with Crippen molar-refractivity contribution in [3.63, 3.8) is 0 Å². The van der Waals surface area contributed by atoms with Gasteiger partial charge in [0, 0.05) is 6.04 Å². The van der Waals surface area contributed by atoms with E-state index >= 15 is 0 Å². The van der Waals surface area contributed by atoms with Gasteiger partial charge >= 0.3 is 6.18 Å². The van der Waals surface area contributed by atoms with Gasteiger partial charge in [-0.15, -0.1) is 0 Å². The first-order chi connectivity index (χ1) is 6.81. The van der Waals surface area contributed by atoms with Crippen LogP contribution in [-0.4, -0.2) is 18.8 Å². The minimum Gasteiger partial charge on any atom is -0.292 e. The molecule has 0 aromatic carbocycles. The van der Waals surface area contributed by atoms with Gasteiger partial charge in [0.2, 0.25) is 0 Å². The molecule has 0 spiro atoms. The molecule has 0 amide bonds. The van der Waals surface area contributed by atoms with Crippen LogP contribution >= 0.6 is 0 Å².